The van der Waals surface area contributed by atoms with Crippen LogP contribution in [0.2, 0.25) is 0 Å². The molecule has 0 spiro atoms. The molecule has 0 aliphatic heterocycles. The van der Waals surface area contributed by atoms with Crippen molar-refractivity contribution in [2.75, 3.05) is 0 Å². The van der Waals surface area contributed by atoms with Crippen LogP contribution < -0.4 is 0 Å². The second-order valence-corrected chi connectivity index (χ2v) is 38.4. The van der Waals surface area contributed by atoms with E-state index in [1.807, 2.05) is 0 Å². The van der Waals surface area contributed by atoms with E-state index in [9.17, 15) is 0 Å². The van der Waals surface area contributed by atoms with E-state index < -0.39 is 5.41 Å². The van der Waals surface area contributed by atoms with Crippen LogP contribution in [0.1, 0.15) is 22.3 Å². The molecule has 0 unspecified atom stereocenters. The van der Waals surface area contributed by atoms with Gasteiger partial charge in [0.15, 0.2) is 0 Å². The molecule has 0 aromatic heterocycles. The van der Waals surface area contributed by atoms with Gasteiger partial charge < -0.3 is 0 Å². The van der Waals surface area contributed by atoms with Crippen molar-refractivity contribution in [2.45, 2.75) is 5.41 Å². The van der Waals surface area contributed by atoms with Gasteiger partial charge >= 0.3 is 0 Å². The Labute approximate surface area is 864 Å². The van der Waals surface area contributed by atoms with Crippen molar-refractivity contribution in [3.8, 4) is 223 Å². The number of halogens is 1. The second-order valence-electron chi connectivity index (χ2n) is 37.4. The Hall–Kier alpha value is -18.2. The molecule has 146 heavy (non-hydrogen) atoms. The van der Waals surface area contributed by atoms with Crippen LogP contribution in [0.15, 0.2) is 605 Å². The van der Waals surface area contributed by atoms with Crippen molar-refractivity contribution in [3.63, 3.8) is 0 Å². The van der Waals surface area contributed by atoms with Crippen LogP contribution in [0.4, 0.5) is 0 Å². The van der Waals surface area contributed by atoms with Crippen LogP contribution in [-0.2, 0) is 5.41 Å². The maximum Gasteiger partial charge on any atom is 0.0701 e. The normalized spacial score (nSPS) is 11.3. The highest BCUT2D eigenvalue weighted by atomic mass is 79.9. The average molecular weight is 1920 g/mol. The Kier molecular flexibility index (Phi) is 25.2. The molecular weight excluding hydrogens is 1820 g/mol. The van der Waals surface area contributed by atoms with Gasteiger partial charge in [-0.1, -0.05) is 580 Å². The lowest BCUT2D eigenvalue weighted by Gasteiger charge is -2.37. The number of benzene rings is 24. The lowest BCUT2D eigenvalue weighted by atomic mass is 9.64. The minimum atomic E-state index is -1.11. The van der Waals surface area contributed by atoms with Gasteiger partial charge in [0, 0.05) is 4.47 Å². The highest BCUT2D eigenvalue weighted by Gasteiger charge is 2.41. The Morgan fingerprint density at radius 3 is 0.336 bits per heavy atom. The molecule has 0 bridgehead atoms. The topological polar surface area (TPSA) is 0 Å². The summed E-state index contributed by atoms with van der Waals surface area (Å²) in [4.78, 5) is 0. The van der Waals surface area contributed by atoms with Crippen LogP contribution in [0.3, 0.4) is 0 Å². The van der Waals surface area contributed by atoms with E-state index in [1.54, 1.807) is 0 Å². The first-order chi connectivity index (χ1) is 72.4. The second kappa shape index (κ2) is 40.8. The van der Waals surface area contributed by atoms with Crippen LogP contribution in [0, 0.1) is 0 Å². The van der Waals surface area contributed by atoms with Gasteiger partial charge in [-0.15, -0.1) is 0 Å². The molecule has 0 radical (unpaired) electrons. The van der Waals surface area contributed by atoms with E-state index in [0.717, 1.165) is 233 Å². The third-order valence-corrected chi connectivity index (χ3v) is 29.5. The van der Waals surface area contributed by atoms with Crippen LogP contribution in [0.5, 0.6) is 0 Å². The van der Waals surface area contributed by atoms with E-state index in [-0.39, 0.29) is 0 Å². The number of hydrogen-bond donors (Lipinski definition) is 0. The molecule has 0 N–H and O–H groups in total. The zero-order chi connectivity index (χ0) is 97.5. The van der Waals surface area contributed by atoms with Crippen LogP contribution in [0.25, 0.3) is 223 Å². The van der Waals surface area contributed by atoms with E-state index >= 15 is 0 Å². The molecule has 0 nitrogen and oxygen atoms in total. The van der Waals surface area contributed by atoms with Gasteiger partial charge in [0.2, 0.25) is 0 Å². The quantitative estimate of drug-likeness (QED) is 0.0529. The maximum absolute atomic E-state index is 3.86. The molecule has 0 aliphatic carbocycles. The summed E-state index contributed by atoms with van der Waals surface area (Å²) in [5, 5.41) is 0. The Morgan fingerprint density at radius 1 is 0.0959 bits per heavy atom. The lowest BCUT2D eigenvalue weighted by molar-refractivity contribution is 0.745. The van der Waals surface area contributed by atoms with Crippen molar-refractivity contribution >= 4 is 15.9 Å². The number of rotatable bonds is 24. The Bertz CT molecular complexity index is 8070. The molecule has 0 atom stereocenters. The molecular formula is C145H99Br. The first-order valence-electron chi connectivity index (χ1n) is 50.3. The van der Waals surface area contributed by atoms with Crippen molar-refractivity contribution in [1.29, 1.82) is 0 Å². The highest BCUT2D eigenvalue weighted by Crippen LogP contribution is 2.59. The first kappa shape index (κ1) is 90.3. The van der Waals surface area contributed by atoms with Crippen molar-refractivity contribution in [2.24, 2.45) is 0 Å². The summed E-state index contributed by atoms with van der Waals surface area (Å²) in [5.41, 5.74) is 48.5. The SMILES string of the molecule is Brc1ccc(-c2c(-c3ccccc3)cc(-c3ccc(C(c4ccc(-c5cc(-c6ccccc6)c(-c6ccccc6)c(-c6ccccc6)c5-c5ccccc5)cc4)(c4ccc(-c5cc(-c6ccccc6)c(-c6ccccc6)c(-c6ccccc6)c5-c5ccccc5)cc4)c4ccc(-c5cc(-c6ccccc6)c(-c6ccccc6)c(-c6ccccc6)c5-c5ccccc5)cc4)cc3)c(-c3ccccc3)c2-c2ccccc2)cc1. The summed E-state index contributed by atoms with van der Waals surface area (Å²) in [6.07, 6.45) is 0. The number of hydrogen-bond acceptors (Lipinski definition) is 0. The van der Waals surface area contributed by atoms with Gasteiger partial charge in [0.05, 0.1) is 5.41 Å². The van der Waals surface area contributed by atoms with Crippen LogP contribution >= 0.6 is 15.9 Å². The monoisotopic (exact) mass is 1920 g/mol. The molecule has 24 aromatic rings. The third kappa shape index (κ3) is 17.4. The predicted octanol–water partition coefficient (Wildman–Crippen LogP) is 40.2. The maximum atomic E-state index is 3.86. The van der Waals surface area contributed by atoms with E-state index in [0.29, 0.717) is 0 Å². The van der Waals surface area contributed by atoms with E-state index in [4.69, 9.17) is 0 Å². The van der Waals surface area contributed by atoms with Gasteiger partial charge in [-0.3, -0.25) is 0 Å². The Morgan fingerprint density at radius 2 is 0.199 bits per heavy atom. The smallest absolute Gasteiger partial charge is 0.0622 e. The van der Waals surface area contributed by atoms with Gasteiger partial charge in [0.25, 0.3) is 0 Å². The summed E-state index contributed by atoms with van der Waals surface area (Å²) < 4.78 is 1.02. The third-order valence-electron chi connectivity index (χ3n) is 29.0. The minimum Gasteiger partial charge on any atom is -0.0622 e. The predicted molar refractivity (Wildman–Crippen MR) is 621 cm³/mol. The lowest BCUT2D eigenvalue weighted by Crippen LogP contribution is -2.31. The largest absolute Gasteiger partial charge is 0.0701 e. The molecule has 0 saturated heterocycles. The fraction of sp³-hybridized carbons (Fsp3) is 0.00690. The Balaban J connectivity index is 0.818. The molecule has 0 amide bonds. The summed E-state index contributed by atoms with van der Waals surface area (Å²) in [6, 6.07) is 224. The molecule has 24 aromatic carbocycles. The average Bonchev–Trinajstić information content (AvgIpc) is 0.688. The molecule has 686 valence electrons. The minimum absolute atomic E-state index is 1.02. The first-order valence-corrected chi connectivity index (χ1v) is 51.1. The van der Waals surface area contributed by atoms with Gasteiger partial charge in [0.1, 0.15) is 0 Å². The molecule has 0 saturated carbocycles. The molecule has 0 fully saturated rings. The van der Waals surface area contributed by atoms with Gasteiger partial charge in [-0.25, -0.2) is 0 Å². The molecule has 24 rings (SSSR count). The van der Waals surface area contributed by atoms with Crippen molar-refractivity contribution < 1.29 is 0 Å². The summed E-state index contributed by atoms with van der Waals surface area (Å²) >= 11 is 3.86. The standard InChI is InChI=1S/C145H99Br/c146-124-94-84-119(85-95-124)140-128(103-52-22-4-23-53-103)99-132(139(114-66-36-11-37-67-114)144(140)118-74-44-15-45-75-118)107-82-92-123(93-83-107)145(120-86-76-104(77-87-120)129-96-125(100-46-16-1-17-47-100)133(108-54-24-5-25-55-108)141(115-68-38-12-39-69-115)136(129)111-60-30-8-31-61-111,121-88-78-105(79-89-121)130-97-126(101-48-18-2-19-49-101)134(109-56-26-6-27-57-109)142(116-70-40-13-41-71-116)137(130)112-62-32-9-33-63-112)122-90-80-106(81-91-122)131-98-127(102-50-20-3-21-51-102)135(110-58-28-7-29-59-110)143(117-72-42-14-43-73-117)138(131)113-64-34-10-35-65-113/h1-99H. The fourth-order valence-electron chi connectivity index (χ4n) is 22.4. The molecule has 0 heterocycles. The van der Waals surface area contributed by atoms with Crippen LogP contribution in [-0.4, -0.2) is 0 Å². The summed E-state index contributed by atoms with van der Waals surface area (Å²) in [6.45, 7) is 0. The summed E-state index contributed by atoms with van der Waals surface area (Å²) in [7, 11) is 0. The van der Waals surface area contributed by atoms with E-state index in [1.165, 1.54) is 16.7 Å². The van der Waals surface area contributed by atoms with Crippen molar-refractivity contribution in [3.05, 3.63) is 627 Å². The van der Waals surface area contributed by atoms with Gasteiger partial charge in [-0.05, 0) is 281 Å². The highest BCUT2D eigenvalue weighted by molar-refractivity contribution is 9.10. The van der Waals surface area contributed by atoms with Crippen molar-refractivity contribution in [1.82, 2.24) is 0 Å². The zero-order valence-corrected chi connectivity index (χ0v) is 82.1. The van der Waals surface area contributed by atoms with Gasteiger partial charge in [-0.2, -0.15) is 0 Å². The molecule has 1 heteroatoms. The van der Waals surface area contributed by atoms with E-state index in [2.05, 4.69) is 617 Å². The fourth-order valence-corrected chi connectivity index (χ4v) is 22.7. The zero-order valence-electron chi connectivity index (χ0n) is 80.5. The molecule has 0 aliphatic rings. The summed E-state index contributed by atoms with van der Waals surface area (Å²) in [5.74, 6) is 0.